The van der Waals surface area contributed by atoms with Gasteiger partial charge in [0.25, 0.3) is 5.56 Å². The number of hydrogen-bond acceptors (Lipinski definition) is 3. The van der Waals surface area contributed by atoms with Crippen LogP contribution >= 0.6 is 11.6 Å². The number of hydrogen-bond donors (Lipinski definition) is 1. The molecule has 1 amide bonds. The lowest BCUT2D eigenvalue weighted by Crippen LogP contribution is -2.30. The first-order valence-electron chi connectivity index (χ1n) is 7.48. The molecule has 1 heterocycles. The lowest BCUT2D eigenvalue weighted by molar-refractivity contribution is -0.117. The summed E-state index contributed by atoms with van der Waals surface area (Å²) in [5, 5.41) is 8.74. The van der Waals surface area contributed by atoms with E-state index in [-0.39, 0.29) is 18.0 Å². The highest BCUT2D eigenvalue weighted by Crippen LogP contribution is 2.22. The molecular weight excluding hydrogens is 326 g/mol. The van der Waals surface area contributed by atoms with Crippen molar-refractivity contribution >= 4 is 34.0 Å². The maximum atomic E-state index is 12.5. The summed E-state index contributed by atoms with van der Waals surface area (Å²) in [6.45, 7) is 3.56. The van der Waals surface area contributed by atoms with Gasteiger partial charge in [-0.15, -0.1) is 0 Å². The molecule has 0 atom stereocenters. The van der Waals surface area contributed by atoms with E-state index in [1.807, 2.05) is 32.0 Å². The Morgan fingerprint density at radius 1 is 1.17 bits per heavy atom. The largest absolute Gasteiger partial charge is 0.323 e. The molecule has 0 unspecified atom stereocenters. The number of carbonyl (C=O) groups is 1. The van der Waals surface area contributed by atoms with Crippen LogP contribution in [0.3, 0.4) is 0 Å². The number of anilines is 1. The summed E-state index contributed by atoms with van der Waals surface area (Å²) >= 11 is 6.11. The van der Waals surface area contributed by atoms with Crippen LogP contribution in [0.15, 0.2) is 47.3 Å². The van der Waals surface area contributed by atoms with Gasteiger partial charge < -0.3 is 5.32 Å². The second kappa shape index (κ2) is 6.45. The van der Waals surface area contributed by atoms with Crippen molar-refractivity contribution in [1.29, 1.82) is 0 Å². The van der Waals surface area contributed by atoms with Gasteiger partial charge in [0, 0.05) is 5.39 Å². The molecule has 0 fully saturated rings. The highest BCUT2D eigenvalue weighted by atomic mass is 35.5. The highest BCUT2D eigenvalue weighted by molar-refractivity contribution is 6.33. The number of amides is 1. The van der Waals surface area contributed by atoms with Crippen LogP contribution in [0, 0.1) is 13.8 Å². The van der Waals surface area contributed by atoms with Crippen LogP contribution in [0.25, 0.3) is 10.8 Å². The van der Waals surface area contributed by atoms with Crippen molar-refractivity contribution in [2.45, 2.75) is 20.4 Å². The molecular formula is C18H16ClN3O2. The molecule has 0 aliphatic heterocycles. The summed E-state index contributed by atoms with van der Waals surface area (Å²) in [4.78, 5) is 24.7. The number of aromatic nitrogens is 2. The molecule has 0 saturated carbocycles. The van der Waals surface area contributed by atoms with Gasteiger partial charge in [0.1, 0.15) is 6.54 Å². The zero-order valence-corrected chi connectivity index (χ0v) is 14.1. The zero-order chi connectivity index (χ0) is 17.3. The third-order valence-corrected chi connectivity index (χ3v) is 4.06. The first-order chi connectivity index (χ1) is 11.5. The minimum absolute atomic E-state index is 0.172. The van der Waals surface area contributed by atoms with Gasteiger partial charge in [0.2, 0.25) is 5.91 Å². The maximum absolute atomic E-state index is 12.5. The molecule has 0 aliphatic carbocycles. The van der Waals surface area contributed by atoms with Gasteiger partial charge >= 0.3 is 0 Å². The second-order valence-corrected chi connectivity index (χ2v) is 6.03. The zero-order valence-electron chi connectivity index (χ0n) is 13.3. The first-order valence-corrected chi connectivity index (χ1v) is 7.86. The van der Waals surface area contributed by atoms with Crippen molar-refractivity contribution in [3.05, 3.63) is 69.1 Å². The van der Waals surface area contributed by atoms with Gasteiger partial charge in [0.05, 0.1) is 21.8 Å². The molecule has 3 rings (SSSR count). The highest BCUT2D eigenvalue weighted by Gasteiger charge is 2.12. The van der Waals surface area contributed by atoms with Crippen molar-refractivity contribution in [3.8, 4) is 0 Å². The van der Waals surface area contributed by atoms with E-state index in [1.54, 1.807) is 24.3 Å². The standard InChI is InChI=1S/C18H16ClN3O2/c1-11-7-8-16(15(19)9-11)20-17(23)10-22-18(24)14-6-4-3-5-13(14)12(2)21-22/h3-9H,10H2,1-2H3,(H,20,23). The molecule has 2 aromatic carbocycles. The minimum atomic E-state index is -0.356. The fraction of sp³-hybridized carbons (Fsp3) is 0.167. The molecule has 1 N–H and O–H groups in total. The molecule has 122 valence electrons. The fourth-order valence-corrected chi connectivity index (χ4v) is 2.84. The Hall–Kier alpha value is -2.66. The van der Waals surface area contributed by atoms with Crippen LogP contribution in [0.4, 0.5) is 5.69 Å². The lowest BCUT2D eigenvalue weighted by atomic mass is 10.1. The topological polar surface area (TPSA) is 64.0 Å². The lowest BCUT2D eigenvalue weighted by Gasteiger charge is -2.10. The Bertz CT molecular complexity index is 995. The third kappa shape index (κ3) is 3.16. The van der Waals surface area contributed by atoms with Gasteiger partial charge in [-0.1, -0.05) is 35.9 Å². The van der Waals surface area contributed by atoms with Crippen molar-refractivity contribution in [2.24, 2.45) is 0 Å². The van der Waals surface area contributed by atoms with Gasteiger partial charge in [-0.2, -0.15) is 5.10 Å². The molecule has 0 spiro atoms. The van der Waals surface area contributed by atoms with E-state index in [1.165, 1.54) is 4.68 Å². The number of nitrogens with zero attached hydrogens (tertiary/aromatic N) is 2. The van der Waals surface area contributed by atoms with Crippen LogP contribution < -0.4 is 10.9 Å². The quantitative estimate of drug-likeness (QED) is 0.795. The van der Waals surface area contributed by atoms with E-state index in [0.717, 1.165) is 10.9 Å². The van der Waals surface area contributed by atoms with Gasteiger partial charge in [-0.05, 0) is 37.6 Å². The number of halogens is 1. The van der Waals surface area contributed by atoms with Gasteiger partial charge in [-0.25, -0.2) is 4.68 Å². The van der Waals surface area contributed by atoms with Crippen molar-refractivity contribution in [2.75, 3.05) is 5.32 Å². The number of carbonyl (C=O) groups excluding carboxylic acids is 1. The molecule has 0 saturated heterocycles. The van der Waals surface area contributed by atoms with Crippen LogP contribution in [0.5, 0.6) is 0 Å². The first kappa shape index (κ1) is 16.2. The second-order valence-electron chi connectivity index (χ2n) is 5.63. The van der Waals surface area contributed by atoms with E-state index in [2.05, 4.69) is 10.4 Å². The van der Waals surface area contributed by atoms with Gasteiger partial charge in [-0.3, -0.25) is 9.59 Å². The SMILES string of the molecule is Cc1ccc(NC(=O)Cn2nc(C)c3ccccc3c2=O)c(Cl)c1. The predicted molar refractivity (Wildman–Crippen MR) is 95.6 cm³/mol. The Kier molecular flexibility index (Phi) is 4.36. The Morgan fingerprint density at radius 3 is 2.58 bits per heavy atom. The summed E-state index contributed by atoms with van der Waals surface area (Å²) in [7, 11) is 0. The summed E-state index contributed by atoms with van der Waals surface area (Å²) < 4.78 is 1.18. The number of aryl methyl sites for hydroxylation is 2. The molecule has 1 aromatic heterocycles. The maximum Gasteiger partial charge on any atom is 0.275 e. The minimum Gasteiger partial charge on any atom is -0.323 e. The number of nitrogens with one attached hydrogen (secondary N) is 1. The predicted octanol–water partition coefficient (Wildman–Crippen LogP) is 3.31. The number of fused-ring (bicyclic) bond motifs is 1. The molecule has 3 aromatic rings. The molecule has 0 bridgehead atoms. The van der Waals surface area contributed by atoms with E-state index < -0.39 is 0 Å². The number of rotatable bonds is 3. The van der Waals surface area contributed by atoms with Crippen LogP contribution in [-0.2, 0) is 11.3 Å². The van der Waals surface area contributed by atoms with E-state index >= 15 is 0 Å². The molecule has 24 heavy (non-hydrogen) atoms. The Morgan fingerprint density at radius 2 is 1.88 bits per heavy atom. The molecule has 5 nitrogen and oxygen atoms in total. The summed E-state index contributed by atoms with van der Waals surface area (Å²) in [5.41, 5.74) is 1.92. The van der Waals surface area contributed by atoms with Crippen LogP contribution in [0.2, 0.25) is 5.02 Å². The van der Waals surface area contributed by atoms with Crippen LogP contribution in [0.1, 0.15) is 11.3 Å². The van der Waals surface area contributed by atoms with Crippen molar-refractivity contribution < 1.29 is 4.79 Å². The van der Waals surface area contributed by atoms with E-state index in [0.29, 0.717) is 21.8 Å². The normalized spacial score (nSPS) is 10.8. The fourth-order valence-electron chi connectivity index (χ4n) is 2.56. The molecule has 6 heteroatoms. The average Bonchev–Trinajstić information content (AvgIpc) is 2.55. The monoisotopic (exact) mass is 341 g/mol. The van der Waals surface area contributed by atoms with Crippen LogP contribution in [-0.4, -0.2) is 15.7 Å². The Balaban J connectivity index is 1.88. The summed E-state index contributed by atoms with van der Waals surface area (Å²) in [5.74, 6) is -0.356. The van der Waals surface area contributed by atoms with Crippen molar-refractivity contribution in [3.63, 3.8) is 0 Å². The molecule has 0 aliphatic rings. The number of benzene rings is 2. The molecule has 0 radical (unpaired) electrons. The smallest absolute Gasteiger partial charge is 0.275 e. The van der Waals surface area contributed by atoms with E-state index in [4.69, 9.17) is 11.6 Å². The summed E-state index contributed by atoms with van der Waals surface area (Å²) in [6, 6.07) is 12.6. The van der Waals surface area contributed by atoms with E-state index in [9.17, 15) is 9.59 Å². The van der Waals surface area contributed by atoms with Crippen molar-refractivity contribution in [1.82, 2.24) is 9.78 Å². The average molecular weight is 342 g/mol. The summed E-state index contributed by atoms with van der Waals surface area (Å²) in [6.07, 6.45) is 0. The Labute approximate surface area is 143 Å². The van der Waals surface area contributed by atoms with Gasteiger partial charge in [0.15, 0.2) is 0 Å². The third-order valence-electron chi connectivity index (χ3n) is 3.74.